The first-order valence-electron chi connectivity index (χ1n) is 10.2. The molecule has 0 radical (unpaired) electrons. The van der Waals surface area contributed by atoms with E-state index >= 15 is 0 Å². The fourth-order valence-electron chi connectivity index (χ4n) is 2.99. The fraction of sp³-hybridized carbons (Fsp3) is 0.682. The van der Waals surface area contributed by atoms with Crippen LogP contribution in [0, 0.1) is 0 Å². The second-order valence-corrected chi connectivity index (χ2v) is 6.83. The number of hydrogen-bond acceptors (Lipinski definition) is 3. The third kappa shape index (κ3) is 10.9. The van der Waals surface area contributed by atoms with E-state index in [1.54, 1.807) is 25.2 Å². The van der Waals surface area contributed by atoms with Gasteiger partial charge in [-0.3, -0.25) is 4.79 Å². The van der Waals surface area contributed by atoms with Crippen LogP contribution in [0.2, 0.25) is 0 Å². The van der Waals surface area contributed by atoms with Crippen LogP contribution in [-0.4, -0.2) is 13.7 Å². The van der Waals surface area contributed by atoms with Gasteiger partial charge in [0.25, 0.3) is 0 Å². The number of unbranched alkanes of at least 4 members (excludes halogenated alkanes) is 11. The van der Waals surface area contributed by atoms with E-state index in [0.29, 0.717) is 5.69 Å². The van der Waals surface area contributed by atoms with Gasteiger partial charge in [0.2, 0.25) is 5.43 Å². The maximum Gasteiger partial charge on any atom is 0.201 e. The number of ether oxygens (including phenoxy) is 1. The van der Waals surface area contributed by atoms with Gasteiger partial charge in [-0.1, -0.05) is 77.6 Å². The van der Waals surface area contributed by atoms with Crippen molar-refractivity contribution in [3.05, 3.63) is 34.5 Å². The lowest BCUT2D eigenvalue weighted by atomic mass is 10.1. The quantitative estimate of drug-likeness (QED) is 0.386. The Balaban J connectivity index is 1.97. The first kappa shape index (κ1) is 21.5. The molecule has 0 aliphatic carbocycles. The molecule has 25 heavy (non-hydrogen) atoms. The highest BCUT2D eigenvalue weighted by molar-refractivity contribution is 5.43. The van der Waals surface area contributed by atoms with E-state index in [2.05, 4.69) is 12.2 Å². The van der Waals surface area contributed by atoms with Gasteiger partial charge in [0.15, 0.2) is 0 Å². The van der Waals surface area contributed by atoms with Crippen LogP contribution >= 0.6 is 0 Å². The van der Waals surface area contributed by atoms with Gasteiger partial charge in [0, 0.05) is 7.05 Å². The van der Waals surface area contributed by atoms with E-state index in [4.69, 9.17) is 4.74 Å². The Hall–Kier alpha value is -1.51. The SMILES string of the molecule is CCCCCCCCCCCCCCOc1ccc(NC)c(=O)cc1. The van der Waals surface area contributed by atoms with Crippen LogP contribution in [0.5, 0.6) is 5.75 Å². The van der Waals surface area contributed by atoms with Gasteiger partial charge in [-0.25, -0.2) is 0 Å². The highest BCUT2D eigenvalue weighted by atomic mass is 16.5. The van der Waals surface area contributed by atoms with Crippen LogP contribution in [-0.2, 0) is 0 Å². The Bertz CT molecular complexity index is 502. The molecule has 1 N–H and O–H groups in total. The monoisotopic (exact) mass is 347 g/mol. The van der Waals surface area contributed by atoms with Crippen LogP contribution < -0.4 is 15.5 Å². The molecule has 0 fully saturated rings. The van der Waals surface area contributed by atoms with Gasteiger partial charge in [-0.05, 0) is 30.7 Å². The Labute approximate surface area is 154 Å². The molecule has 0 aliphatic rings. The zero-order valence-electron chi connectivity index (χ0n) is 16.3. The van der Waals surface area contributed by atoms with E-state index < -0.39 is 0 Å². The van der Waals surface area contributed by atoms with Crippen molar-refractivity contribution in [1.29, 1.82) is 0 Å². The molecule has 0 amide bonds. The Kier molecular flexibility index (Phi) is 12.7. The van der Waals surface area contributed by atoms with Crippen molar-refractivity contribution in [3.63, 3.8) is 0 Å². The van der Waals surface area contributed by atoms with Crippen LogP contribution in [0.3, 0.4) is 0 Å². The predicted molar refractivity (Wildman–Crippen MR) is 109 cm³/mol. The van der Waals surface area contributed by atoms with Crippen molar-refractivity contribution in [2.45, 2.75) is 84.0 Å². The third-order valence-electron chi connectivity index (χ3n) is 4.61. The van der Waals surface area contributed by atoms with Crippen molar-refractivity contribution in [1.82, 2.24) is 0 Å². The normalized spacial score (nSPS) is 10.6. The molecular weight excluding hydrogens is 310 g/mol. The first-order chi connectivity index (χ1) is 12.3. The third-order valence-corrected chi connectivity index (χ3v) is 4.61. The zero-order chi connectivity index (χ0) is 18.2. The summed E-state index contributed by atoms with van der Waals surface area (Å²) < 4.78 is 5.75. The van der Waals surface area contributed by atoms with E-state index in [1.165, 1.54) is 70.6 Å². The van der Waals surface area contributed by atoms with Gasteiger partial charge in [-0.2, -0.15) is 0 Å². The molecule has 1 rings (SSSR count). The van der Waals surface area contributed by atoms with Crippen molar-refractivity contribution in [2.75, 3.05) is 19.0 Å². The molecule has 0 saturated carbocycles. The maximum atomic E-state index is 11.7. The summed E-state index contributed by atoms with van der Waals surface area (Å²) in [7, 11) is 1.75. The second-order valence-electron chi connectivity index (χ2n) is 6.83. The summed E-state index contributed by atoms with van der Waals surface area (Å²) >= 11 is 0. The zero-order valence-corrected chi connectivity index (χ0v) is 16.3. The number of hydrogen-bond donors (Lipinski definition) is 1. The number of rotatable bonds is 15. The molecule has 0 atom stereocenters. The molecular formula is C22H37NO2. The summed E-state index contributed by atoms with van der Waals surface area (Å²) in [5.41, 5.74) is 0.586. The van der Waals surface area contributed by atoms with Crippen molar-refractivity contribution >= 4 is 5.69 Å². The first-order valence-corrected chi connectivity index (χ1v) is 10.2. The van der Waals surface area contributed by atoms with Crippen molar-refractivity contribution < 1.29 is 4.74 Å². The van der Waals surface area contributed by atoms with E-state index in [-0.39, 0.29) is 5.43 Å². The molecule has 3 heteroatoms. The van der Waals surface area contributed by atoms with Gasteiger partial charge in [0.05, 0.1) is 12.3 Å². The smallest absolute Gasteiger partial charge is 0.201 e. The molecule has 1 aromatic carbocycles. The Morgan fingerprint density at radius 1 is 0.760 bits per heavy atom. The van der Waals surface area contributed by atoms with Gasteiger partial charge < -0.3 is 10.1 Å². The fourth-order valence-corrected chi connectivity index (χ4v) is 2.99. The standard InChI is InChI=1S/C22H37NO2/c1-3-4-5-6-7-8-9-10-11-12-13-14-19-25-20-15-17-21(23-2)22(24)18-16-20/h15-18H,3-14,19H2,1-2H3,(H,23,24). The lowest BCUT2D eigenvalue weighted by Gasteiger charge is -2.05. The molecule has 0 saturated heterocycles. The molecule has 3 nitrogen and oxygen atoms in total. The van der Waals surface area contributed by atoms with Crippen molar-refractivity contribution in [2.24, 2.45) is 0 Å². The molecule has 0 aliphatic heterocycles. The minimum absolute atomic E-state index is 0.0114. The second kappa shape index (κ2) is 14.8. The van der Waals surface area contributed by atoms with E-state index in [9.17, 15) is 4.79 Å². The molecule has 1 aromatic rings. The Morgan fingerprint density at radius 3 is 1.84 bits per heavy atom. The predicted octanol–water partition coefficient (Wildman–Crippen LogP) is 6.17. The number of nitrogens with one attached hydrogen (secondary N) is 1. The van der Waals surface area contributed by atoms with Crippen LogP contribution in [0.1, 0.15) is 84.0 Å². The summed E-state index contributed by atoms with van der Waals surface area (Å²) in [6.45, 7) is 3.00. The topological polar surface area (TPSA) is 38.3 Å². The molecule has 0 bridgehead atoms. The van der Waals surface area contributed by atoms with E-state index in [1.807, 2.05) is 6.07 Å². The van der Waals surface area contributed by atoms with Crippen LogP contribution in [0.25, 0.3) is 0 Å². The molecule has 0 unspecified atom stereocenters. The molecule has 0 spiro atoms. The van der Waals surface area contributed by atoms with Crippen LogP contribution in [0.15, 0.2) is 29.1 Å². The van der Waals surface area contributed by atoms with Gasteiger partial charge >= 0.3 is 0 Å². The van der Waals surface area contributed by atoms with E-state index in [0.717, 1.165) is 18.8 Å². The highest BCUT2D eigenvalue weighted by Crippen LogP contribution is 2.13. The average molecular weight is 348 g/mol. The van der Waals surface area contributed by atoms with Gasteiger partial charge in [-0.15, -0.1) is 0 Å². The summed E-state index contributed by atoms with van der Waals surface area (Å²) in [6, 6.07) is 6.95. The Morgan fingerprint density at radius 2 is 1.28 bits per heavy atom. The largest absolute Gasteiger partial charge is 0.494 e. The summed E-state index contributed by atoms with van der Waals surface area (Å²) in [6.07, 6.45) is 16.1. The lowest BCUT2D eigenvalue weighted by molar-refractivity contribution is 0.304. The molecule has 0 heterocycles. The summed E-state index contributed by atoms with van der Waals surface area (Å²) in [5.74, 6) is 0.765. The number of anilines is 1. The molecule has 0 aromatic heterocycles. The molecule has 142 valence electrons. The minimum Gasteiger partial charge on any atom is -0.494 e. The summed E-state index contributed by atoms with van der Waals surface area (Å²) in [4.78, 5) is 11.7. The summed E-state index contributed by atoms with van der Waals surface area (Å²) in [5, 5.41) is 2.89. The highest BCUT2D eigenvalue weighted by Gasteiger charge is 1.97. The lowest BCUT2D eigenvalue weighted by Crippen LogP contribution is -2.02. The minimum atomic E-state index is -0.0114. The van der Waals surface area contributed by atoms with Crippen LogP contribution in [0.4, 0.5) is 5.69 Å². The average Bonchev–Trinajstić information content (AvgIpc) is 2.80. The van der Waals surface area contributed by atoms with Crippen molar-refractivity contribution in [3.8, 4) is 5.75 Å². The van der Waals surface area contributed by atoms with Gasteiger partial charge in [0.1, 0.15) is 5.75 Å². The maximum absolute atomic E-state index is 11.7.